The molecule has 0 bridgehead atoms. The number of aromatic nitrogens is 2. The topological polar surface area (TPSA) is 62.8 Å². The summed E-state index contributed by atoms with van der Waals surface area (Å²) < 4.78 is 25.1. The highest BCUT2D eigenvalue weighted by Crippen LogP contribution is 2.30. The quantitative estimate of drug-likeness (QED) is 0.903. The molecule has 0 spiro atoms. The molecule has 4 nitrogen and oxygen atoms in total. The maximum atomic E-state index is 12.6. The third-order valence-electron chi connectivity index (χ3n) is 2.82. The lowest BCUT2D eigenvalue weighted by atomic mass is 10.2. The minimum atomic E-state index is -3.38. The molecule has 0 aliphatic carbocycles. The number of nitrogens with one attached hydrogen (secondary N) is 1. The van der Waals surface area contributed by atoms with Crippen molar-refractivity contribution in [2.75, 3.05) is 0 Å². The van der Waals surface area contributed by atoms with Crippen LogP contribution in [-0.2, 0) is 9.84 Å². The normalized spacial score (nSPS) is 13.4. The van der Waals surface area contributed by atoms with Crippen molar-refractivity contribution in [3.05, 3.63) is 48.5 Å². The lowest BCUT2D eigenvalue weighted by molar-refractivity contribution is 0.568. The van der Waals surface area contributed by atoms with E-state index in [0.29, 0.717) is 17.1 Å². The Labute approximate surface area is 107 Å². The second kappa shape index (κ2) is 5.35. The zero-order chi connectivity index (χ0) is 13.0. The fraction of sp³-hybridized carbons (Fsp3) is 0.308. The first-order valence-corrected chi connectivity index (χ1v) is 7.49. The highest BCUT2D eigenvalue weighted by Gasteiger charge is 2.29. The number of imidazole rings is 1. The van der Waals surface area contributed by atoms with Gasteiger partial charge in [-0.2, -0.15) is 0 Å². The van der Waals surface area contributed by atoms with E-state index in [2.05, 4.69) is 9.97 Å². The summed E-state index contributed by atoms with van der Waals surface area (Å²) >= 11 is 0. The van der Waals surface area contributed by atoms with Crippen LogP contribution < -0.4 is 0 Å². The molecule has 0 fully saturated rings. The monoisotopic (exact) mass is 264 g/mol. The summed E-state index contributed by atoms with van der Waals surface area (Å²) in [6.45, 7) is 1.97. The average Bonchev–Trinajstić information content (AvgIpc) is 2.90. The van der Waals surface area contributed by atoms with Crippen molar-refractivity contribution >= 4 is 9.84 Å². The SMILES string of the molecule is CCCC(c1ncc[nH]1)S(=O)(=O)c1ccccc1. The van der Waals surface area contributed by atoms with E-state index in [4.69, 9.17) is 0 Å². The Bertz CT molecular complexity index is 577. The Morgan fingerprint density at radius 1 is 1.28 bits per heavy atom. The van der Waals surface area contributed by atoms with Crippen molar-refractivity contribution in [2.24, 2.45) is 0 Å². The van der Waals surface area contributed by atoms with E-state index in [1.807, 2.05) is 6.92 Å². The summed E-state index contributed by atoms with van der Waals surface area (Å²) in [5, 5.41) is -0.597. The van der Waals surface area contributed by atoms with Crippen molar-refractivity contribution in [3.63, 3.8) is 0 Å². The Morgan fingerprint density at radius 2 is 2.00 bits per heavy atom. The molecular formula is C13H16N2O2S. The molecule has 0 saturated carbocycles. The first kappa shape index (κ1) is 12.8. The molecule has 1 aromatic carbocycles. The van der Waals surface area contributed by atoms with E-state index in [1.54, 1.807) is 42.7 Å². The lowest BCUT2D eigenvalue weighted by Gasteiger charge is -2.14. The Kier molecular flexibility index (Phi) is 3.81. The molecule has 0 radical (unpaired) electrons. The third kappa shape index (κ3) is 2.46. The zero-order valence-electron chi connectivity index (χ0n) is 10.2. The number of H-pyrrole nitrogens is 1. The van der Waals surface area contributed by atoms with Gasteiger partial charge in [0.1, 0.15) is 11.1 Å². The maximum Gasteiger partial charge on any atom is 0.188 e. The van der Waals surface area contributed by atoms with Gasteiger partial charge in [0.05, 0.1) is 4.90 Å². The van der Waals surface area contributed by atoms with E-state index in [-0.39, 0.29) is 0 Å². The Morgan fingerprint density at radius 3 is 2.56 bits per heavy atom. The Balaban J connectivity index is 2.43. The minimum absolute atomic E-state index is 0.347. The van der Waals surface area contributed by atoms with Gasteiger partial charge in [-0.3, -0.25) is 0 Å². The van der Waals surface area contributed by atoms with Crippen LogP contribution in [0.5, 0.6) is 0 Å². The van der Waals surface area contributed by atoms with E-state index in [1.165, 1.54) is 0 Å². The van der Waals surface area contributed by atoms with E-state index < -0.39 is 15.1 Å². The number of benzene rings is 1. The highest BCUT2D eigenvalue weighted by atomic mass is 32.2. The summed E-state index contributed by atoms with van der Waals surface area (Å²) in [4.78, 5) is 7.35. The van der Waals surface area contributed by atoms with Gasteiger partial charge >= 0.3 is 0 Å². The number of hydrogen-bond acceptors (Lipinski definition) is 3. The van der Waals surface area contributed by atoms with Crippen molar-refractivity contribution in [1.82, 2.24) is 9.97 Å². The fourth-order valence-electron chi connectivity index (χ4n) is 1.93. The predicted octanol–water partition coefficient (Wildman–Crippen LogP) is 2.72. The van der Waals surface area contributed by atoms with Gasteiger partial charge < -0.3 is 4.98 Å². The van der Waals surface area contributed by atoms with Crippen LogP contribution in [0.15, 0.2) is 47.6 Å². The number of aromatic amines is 1. The van der Waals surface area contributed by atoms with Crippen LogP contribution in [-0.4, -0.2) is 18.4 Å². The molecule has 96 valence electrons. The molecule has 0 aliphatic rings. The Hall–Kier alpha value is -1.62. The predicted molar refractivity (Wildman–Crippen MR) is 69.9 cm³/mol. The number of rotatable bonds is 5. The zero-order valence-corrected chi connectivity index (χ0v) is 11.0. The second-order valence-corrected chi connectivity index (χ2v) is 6.24. The molecule has 18 heavy (non-hydrogen) atoms. The summed E-state index contributed by atoms with van der Waals surface area (Å²) in [7, 11) is -3.38. The standard InChI is InChI=1S/C13H16N2O2S/c1-2-6-12(13-14-9-10-15-13)18(16,17)11-7-4-3-5-8-11/h3-5,7-10,12H,2,6H2,1H3,(H,14,15). The van der Waals surface area contributed by atoms with Gasteiger partial charge in [0, 0.05) is 12.4 Å². The van der Waals surface area contributed by atoms with E-state index in [0.717, 1.165) is 6.42 Å². The van der Waals surface area contributed by atoms with Crippen molar-refractivity contribution in [2.45, 2.75) is 29.9 Å². The molecule has 1 N–H and O–H groups in total. The van der Waals surface area contributed by atoms with Crippen LogP contribution in [0.4, 0.5) is 0 Å². The van der Waals surface area contributed by atoms with Gasteiger partial charge in [0.2, 0.25) is 0 Å². The van der Waals surface area contributed by atoms with Crippen LogP contribution in [0.1, 0.15) is 30.8 Å². The molecular weight excluding hydrogens is 248 g/mol. The number of sulfone groups is 1. The van der Waals surface area contributed by atoms with Crippen LogP contribution in [0, 0.1) is 0 Å². The third-order valence-corrected chi connectivity index (χ3v) is 4.96. The second-order valence-electron chi connectivity index (χ2n) is 4.11. The minimum Gasteiger partial charge on any atom is -0.347 e. The maximum absolute atomic E-state index is 12.6. The van der Waals surface area contributed by atoms with Crippen LogP contribution in [0.25, 0.3) is 0 Å². The smallest absolute Gasteiger partial charge is 0.188 e. The molecule has 0 saturated heterocycles. The summed E-state index contributed by atoms with van der Waals surface area (Å²) in [5.74, 6) is 0.515. The molecule has 5 heteroatoms. The van der Waals surface area contributed by atoms with Gasteiger partial charge in [-0.1, -0.05) is 31.5 Å². The molecule has 2 aromatic rings. The molecule has 2 rings (SSSR count). The first-order chi connectivity index (χ1) is 8.66. The molecule has 1 unspecified atom stereocenters. The summed E-state index contributed by atoms with van der Waals surface area (Å²) in [5.41, 5.74) is 0. The number of hydrogen-bond donors (Lipinski definition) is 1. The van der Waals surface area contributed by atoms with Crippen LogP contribution in [0.3, 0.4) is 0 Å². The summed E-state index contributed by atoms with van der Waals surface area (Å²) in [6, 6.07) is 8.53. The molecule has 0 amide bonds. The van der Waals surface area contributed by atoms with Gasteiger partial charge in [0.25, 0.3) is 0 Å². The number of nitrogens with zero attached hydrogens (tertiary/aromatic N) is 1. The largest absolute Gasteiger partial charge is 0.347 e. The average molecular weight is 264 g/mol. The van der Waals surface area contributed by atoms with Gasteiger partial charge in [-0.15, -0.1) is 0 Å². The van der Waals surface area contributed by atoms with E-state index in [9.17, 15) is 8.42 Å². The van der Waals surface area contributed by atoms with Crippen LogP contribution in [0.2, 0.25) is 0 Å². The van der Waals surface area contributed by atoms with Gasteiger partial charge in [-0.25, -0.2) is 13.4 Å². The van der Waals surface area contributed by atoms with Crippen molar-refractivity contribution in [1.29, 1.82) is 0 Å². The highest BCUT2D eigenvalue weighted by molar-refractivity contribution is 7.91. The first-order valence-electron chi connectivity index (χ1n) is 5.94. The molecule has 0 aliphatic heterocycles. The molecule has 1 atom stereocenters. The van der Waals surface area contributed by atoms with E-state index >= 15 is 0 Å². The molecule has 1 heterocycles. The summed E-state index contributed by atoms with van der Waals surface area (Å²) in [6.07, 6.45) is 4.58. The van der Waals surface area contributed by atoms with Crippen molar-refractivity contribution < 1.29 is 8.42 Å². The fourth-order valence-corrected chi connectivity index (χ4v) is 3.76. The van der Waals surface area contributed by atoms with Crippen molar-refractivity contribution in [3.8, 4) is 0 Å². The van der Waals surface area contributed by atoms with Gasteiger partial charge in [0.15, 0.2) is 9.84 Å². The lowest BCUT2D eigenvalue weighted by Crippen LogP contribution is -2.15. The van der Waals surface area contributed by atoms with Gasteiger partial charge in [-0.05, 0) is 18.6 Å². The molecule has 1 aromatic heterocycles. The van der Waals surface area contributed by atoms with Crippen LogP contribution >= 0.6 is 0 Å².